The van der Waals surface area contributed by atoms with E-state index in [4.69, 9.17) is 4.74 Å². The minimum absolute atomic E-state index is 0.0497. The van der Waals surface area contributed by atoms with Crippen LogP contribution in [0.4, 0.5) is 0 Å². The van der Waals surface area contributed by atoms with Crippen LogP contribution in [-0.2, 0) is 30.8 Å². The fourth-order valence-electron chi connectivity index (χ4n) is 3.72. The number of ether oxygens (including phenoxy) is 1. The third-order valence-corrected chi connectivity index (χ3v) is 7.61. The molecule has 0 aromatic heterocycles. The number of rotatable bonds is 9. The van der Waals surface area contributed by atoms with E-state index in [1.807, 2.05) is 37.3 Å². The van der Waals surface area contributed by atoms with Gasteiger partial charge in [0.05, 0.1) is 11.0 Å². The molecule has 0 bridgehead atoms. The van der Waals surface area contributed by atoms with Crippen LogP contribution in [0.3, 0.4) is 0 Å². The van der Waals surface area contributed by atoms with Crippen LogP contribution >= 0.6 is 0 Å². The zero-order valence-corrected chi connectivity index (χ0v) is 19.7. The summed E-state index contributed by atoms with van der Waals surface area (Å²) in [6, 6.07) is 13.4. The number of β-amino-alcohol motifs (C(OH)–C–C–N with tert-alkyl or cyclic N) is 1. The summed E-state index contributed by atoms with van der Waals surface area (Å²) in [5.74, 6) is -1.31. The molecule has 3 rings (SSSR count). The molecule has 2 atom stereocenters. The Hall–Kier alpha value is -2.75. The molecule has 2 aromatic carbocycles. The molecule has 9 heteroatoms. The van der Waals surface area contributed by atoms with Gasteiger partial charge in [-0.05, 0) is 55.5 Å². The molecule has 1 heterocycles. The van der Waals surface area contributed by atoms with Crippen molar-refractivity contribution in [1.29, 1.82) is 0 Å². The van der Waals surface area contributed by atoms with Crippen LogP contribution in [0.1, 0.15) is 29.5 Å². The van der Waals surface area contributed by atoms with E-state index in [0.29, 0.717) is 6.54 Å². The highest BCUT2D eigenvalue weighted by atomic mass is 32.2. The van der Waals surface area contributed by atoms with E-state index in [1.165, 1.54) is 11.6 Å². The molecule has 2 N–H and O–H groups in total. The van der Waals surface area contributed by atoms with Crippen LogP contribution in [0.2, 0.25) is 0 Å². The molecule has 1 saturated heterocycles. The molecule has 1 unspecified atom stereocenters. The summed E-state index contributed by atoms with van der Waals surface area (Å²) >= 11 is 0. The Kier molecular flexibility index (Phi) is 8.23. The van der Waals surface area contributed by atoms with E-state index in [-0.39, 0.29) is 17.9 Å². The Morgan fingerprint density at radius 2 is 1.85 bits per heavy atom. The van der Waals surface area contributed by atoms with Crippen molar-refractivity contribution < 1.29 is 27.9 Å². The van der Waals surface area contributed by atoms with Crippen molar-refractivity contribution in [3.05, 3.63) is 65.2 Å². The first kappa shape index (κ1) is 24.9. The number of sulfonamides is 1. The molecule has 1 amide bonds. The molecule has 1 aliphatic rings. The van der Waals surface area contributed by atoms with Gasteiger partial charge in [0.1, 0.15) is 6.04 Å². The van der Waals surface area contributed by atoms with Crippen LogP contribution in [-0.4, -0.2) is 61.5 Å². The average Bonchev–Trinajstić information content (AvgIpc) is 3.20. The lowest BCUT2D eigenvalue weighted by molar-refractivity contribution is -0.151. The summed E-state index contributed by atoms with van der Waals surface area (Å²) in [6.07, 6.45) is 0.476. The van der Waals surface area contributed by atoms with Crippen molar-refractivity contribution in [2.24, 2.45) is 0 Å². The molecular formula is C24H30N2O6S. The second-order valence-corrected chi connectivity index (χ2v) is 10.2. The van der Waals surface area contributed by atoms with Gasteiger partial charge in [0.25, 0.3) is 5.91 Å². The number of aliphatic hydroxyl groups excluding tert-OH is 1. The highest BCUT2D eigenvalue weighted by Crippen LogP contribution is 2.28. The van der Waals surface area contributed by atoms with E-state index < -0.39 is 40.7 Å². The molecule has 0 saturated carbocycles. The van der Waals surface area contributed by atoms with Crippen molar-refractivity contribution >= 4 is 21.9 Å². The van der Waals surface area contributed by atoms with Gasteiger partial charge in [-0.15, -0.1) is 0 Å². The van der Waals surface area contributed by atoms with E-state index in [2.05, 4.69) is 5.32 Å². The lowest BCUT2D eigenvalue weighted by Crippen LogP contribution is -2.42. The Morgan fingerprint density at radius 1 is 1.12 bits per heavy atom. The molecule has 1 aliphatic heterocycles. The number of amides is 1. The smallest absolute Gasteiger partial charge is 0.325 e. The molecule has 0 radical (unpaired) electrons. The first-order valence-electron chi connectivity index (χ1n) is 10.9. The van der Waals surface area contributed by atoms with Crippen molar-refractivity contribution in [2.45, 2.75) is 50.2 Å². The predicted octanol–water partition coefficient (Wildman–Crippen LogP) is 1.72. The second kappa shape index (κ2) is 10.9. The summed E-state index contributed by atoms with van der Waals surface area (Å²) in [6.45, 7) is 3.39. The summed E-state index contributed by atoms with van der Waals surface area (Å²) in [7, 11) is -4.02. The number of esters is 1. The Bertz CT molecular complexity index is 1090. The highest BCUT2D eigenvalue weighted by molar-refractivity contribution is 7.89. The van der Waals surface area contributed by atoms with Crippen LogP contribution in [0.5, 0.6) is 0 Å². The van der Waals surface area contributed by atoms with Gasteiger partial charge in [-0.25, -0.2) is 8.42 Å². The van der Waals surface area contributed by atoms with Crippen molar-refractivity contribution in [3.8, 4) is 0 Å². The number of hydrogen-bond acceptors (Lipinski definition) is 6. The van der Waals surface area contributed by atoms with E-state index >= 15 is 0 Å². The summed E-state index contributed by atoms with van der Waals surface area (Å²) in [5.41, 5.74) is 2.92. The Labute approximate surface area is 194 Å². The molecule has 0 aliphatic carbocycles. The minimum Gasteiger partial charge on any atom is -0.454 e. The lowest BCUT2D eigenvalue weighted by Gasteiger charge is -2.22. The third kappa shape index (κ3) is 6.40. The van der Waals surface area contributed by atoms with Gasteiger partial charge < -0.3 is 15.2 Å². The predicted molar refractivity (Wildman–Crippen MR) is 123 cm³/mol. The number of carbonyl (C=O) groups is 2. The fourth-order valence-corrected chi connectivity index (χ4v) is 5.43. The van der Waals surface area contributed by atoms with Gasteiger partial charge in [0.15, 0.2) is 6.61 Å². The standard InChI is InChI=1S/C24H30N2O6S/c1-17-10-11-21(13-18(17)2)33(30,31)26-15-20(27)14-22(26)24(29)32-16-23(28)25-12-6-9-19-7-4-3-5-8-19/h3-5,7-8,10-11,13,20,22,27H,6,9,12,14-16H2,1-2H3,(H,25,28)/t20?,22-/m0/s1. The number of hydrogen-bond donors (Lipinski definition) is 2. The molecular weight excluding hydrogens is 444 g/mol. The van der Waals surface area contributed by atoms with Gasteiger partial charge in [-0.2, -0.15) is 4.31 Å². The summed E-state index contributed by atoms with van der Waals surface area (Å²) in [5, 5.41) is 12.7. The maximum Gasteiger partial charge on any atom is 0.325 e. The SMILES string of the molecule is Cc1ccc(S(=O)(=O)N2CC(O)C[C@H]2C(=O)OCC(=O)NCCCc2ccccc2)cc1C. The Balaban J connectivity index is 1.53. The number of aliphatic hydroxyl groups is 1. The number of benzene rings is 2. The average molecular weight is 475 g/mol. The van der Waals surface area contributed by atoms with Crippen LogP contribution in [0.15, 0.2) is 53.4 Å². The highest BCUT2D eigenvalue weighted by Gasteiger charge is 2.44. The molecule has 8 nitrogen and oxygen atoms in total. The number of carbonyl (C=O) groups excluding carboxylic acids is 2. The van der Waals surface area contributed by atoms with E-state index in [9.17, 15) is 23.1 Å². The molecule has 1 fully saturated rings. The number of aryl methyl sites for hydroxylation is 3. The maximum atomic E-state index is 13.1. The van der Waals surface area contributed by atoms with Crippen LogP contribution in [0, 0.1) is 13.8 Å². The number of nitrogens with one attached hydrogen (secondary N) is 1. The van der Waals surface area contributed by atoms with Gasteiger partial charge in [0.2, 0.25) is 10.0 Å². The molecule has 0 spiro atoms. The van der Waals surface area contributed by atoms with Crippen LogP contribution < -0.4 is 5.32 Å². The zero-order valence-electron chi connectivity index (χ0n) is 18.9. The molecule has 178 valence electrons. The zero-order chi connectivity index (χ0) is 24.0. The second-order valence-electron chi connectivity index (χ2n) is 8.27. The normalized spacial score (nSPS) is 18.8. The third-order valence-electron chi connectivity index (χ3n) is 5.74. The van der Waals surface area contributed by atoms with E-state index in [0.717, 1.165) is 28.3 Å². The van der Waals surface area contributed by atoms with Crippen molar-refractivity contribution in [3.63, 3.8) is 0 Å². The topological polar surface area (TPSA) is 113 Å². The molecule has 33 heavy (non-hydrogen) atoms. The van der Waals surface area contributed by atoms with Gasteiger partial charge in [0, 0.05) is 19.5 Å². The number of nitrogens with zero attached hydrogens (tertiary/aromatic N) is 1. The Morgan fingerprint density at radius 3 is 2.55 bits per heavy atom. The minimum atomic E-state index is -4.02. The quantitative estimate of drug-likeness (QED) is 0.423. The largest absolute Gasteiger partial charge is 0.454 e. The lowest BCUT2D eigenvalue weighted by atomic mass is 10.1. The first-order valence-corrected chi connectivity index (χ1v) is 12.4. The van der Waals surface area contributed by atoms with Crippen molar-refractivity contribution in [1.82, 2.24) is 9.62 Å². The first-order chi connectivity index (χ1) is 15.7. The van der Waals surface area contributed by atoms with Gasteiger partial charge >= 0.3 is 5.97 Å². The maximum absolute atomic E-state index is 13.1. The summed E-state index contributed by atoms with van der Waals surface area (Å²) < 4.78 is 32.3. The fraction of sp³-hybridized carbons (Fsp3) is 0.417. The summed E-state index contributed by atoms with van der Waals surface area (Å²) in [4.78, 5) is 24.7. The van der Waals surface area contributed by atoms with E-state index in [1.54, 1.807) is 19.1 Å². The van der Waals surface area contributed by atoms with Gasteiger partial charge in [-0.1, -0.05) is 36.4 Å². The molecule has 2 aromatic rings. The van der Waals surface area contributed by atoms with Crippen LogP contribution in [0.25, 0.3) is 0 Å². The monoisotopic (exact) mass is 474 g/mol. The van der Waals surface area contributed by atoms with Gasteiger partial charge in [-0.3, -0.25) is 9.59 Å². The van der Waals surface area contributed by atoms with Crippen molar-refractivity contribution in [2.75, 3.05) is 19.7 Å².